The van der Waals surface area contributed by atoms with E-state index in [9.17, 15) is 4.79 Å². The molecule has 0 spiro atoms. The lowest BCUT2D eigenvalue weighted by atomic mass is 10.0. The molecule has 122 valence electrons. The van der Waals surface area contributed by atoms with Crippen molar-refractivity contribution in [1.29, 1.82) is 0 Å². The number of hydrogen-bond donors (Lipinski definition) is 1. The van der Waals surface area contributed by atoms with Crippen molar-refractivity contribution in [3.05, 3.63) is 59.7 Å². The van der Waals surface area contributed by atoms with Crippen LogP contribution in [0.1, 0.15) is 44.7 Å². The van der Waals surface area contributed by atoms with Crippen molar-refractivity contribution in [2.75, 3.05) is 5.32 Å². The van der Waals surface area contributed by atoms with E-state index in [1.54, 1.807) is 6.92 Å². The van der Waals surface area contributed by atoms with E-state index in [1.165, 1.54) is 5.56 Å². The number of amides is 1. The molecular weight excluding hydrogens is 286 g/mol. The number of para-hydroxylation sites is 1. The van der Waals surface area contributed by atoms with Crippen LogP contribution in [-0.2, 0) is 11.2 Å². The number of ether oxygens (including phenoxy) is 1. The fraction of sp³-hybridized carbons (Fsp3) is 0.350. The maximum Gasteiger partial charge on any atom is 0.265 e. The summed E-state index contributed by atoms with van der Waals surface area (Å²) in [5, 5.41) is 2.90. The topological polar surface area (TPSA) is 38.3 Å². The van der Waals surface area contributed by atoms with Crippen LogP contribution in [0.4, 0.5) is 5.69 Å². The number of hydrogen-bond acceptors (Lipinski definition) is 2. The van der Waals surface area contributed by atoms with E-state index in [0.29, 0.717) is 5.92 Å². The molecule has 1 atom stereocenters. The van der Waals surface area contributed by atoms with Crippen LogP contribution >= 0.6 is 0 Å². The van der Waals surface area contributed by atoms with Gasteiger partial charge in [-0.05, 0) is 48.6 Å². The summed E-state index contributed by atoms with van der Waals surface area (Å²) >= 11 is 0. The Morgan fingerprint density at radius 2 is 1.70 bits per heavy atom. The smallest absolute Gasteiger partial charge is 0.265 e. The van der Waals surface area contributed by atoms with Crippen molar-refractivity contribution in [2.24, 2.45) is 0 Å². The molecule has 0 bridgehead atoms. The molecule has 0 aromatic heterocycles. The third kappa shape index (κ3) is 4.59. The molecule has 0 heterocycles. The minimum atomic E-state index is -0.555. The molecule has 3 nitrogen and oxygen atoms in total. The number of rotatable bonds is 6. The highest BCUT2D eigenvalue weighted by Crippen LogP contribution is 2.26. The highest BCUT2D eigenvalue weighted by molar-refractivity contribution is 5.94. The SMILES string of the molecule is CCc1ccc(NC(=O)C(C)Oc2ccccc2C(C)C)cc1. The monoisotopic (exact) mass is 311 g/mol. The van der Waals surface area contributed by atoms with E-state index >= 15 is 0 Å². The van der Waals surface area contributed by atoms with E-state index in [-0.39, 0.29) is 5.91 Å². The second kappa shape index (κ2) is 7.82. The van der Waals surface area contributed by atoms with Crippen LogP contribution in [0.15, 0.2) is 48.5 Å². The van der Waals surface area contributed by atoms with Gasteiger partial charge in [0.25, 0.3) is 5.91 Å². The third-order valence-electron chi connectivity index (χ3n) is 3.84. The molecular formula is C20H25NO2. The highest BCUT2D eigenvalue weighted by Gasteiger charge is 2.17. The molecule has 1 N–H and O–H groups in total. The molecule has 23 heavy (non-hydrogen) atoms. The Morgan fingerprint density at radius 3 is 2.30 bits per heavy atom. The summed E-state index contributed by atoms with van der Waals surface area (Å²) in [5.41, 5.74) is 3.15. The van der Waals surface area contributed by atoms with Gasteiger partial charge >= 0.3 is 0 Å². The van der Waals surface area contributed by atoms with Crippen LogP contribution in [0.3, 0.4) is 0 Å². The van der Waals surface area contributed by atoms with Crippen molar-refractivity contribution < 1.29 is 9.53 Å². The summed E-state index contributed by atoms with van der Waals surface area (Å²) in [6.45, 7) is 8.10. The first-order valence-electron chi connectivity index (χ1n) is 8.16. The fourth-order valence-corrected chi connectivity index (χ4v) is 2.38. The van der Waals surface area contributed by atoms with Gasteiger partial charge in [0, 0.05) is 5.69 Å². The number of carbonyl (C=O) groups is 1. The minimum Gasteiger partial charge on any atom is -0.481 e. The largest absolute Gasteiger partial charge is 0.481 e. The number of nitrogens with one attached hydrogen (secondary N) is 1. The fourth-order valence-electron chi connectivity index (χ4n) is 2.38. The Balaban J connectivity index is 2.02. The average Bonchev–Trinajstić information content (AvgIpc) is 2.55. The first-order valence-corrected chi connectivity index (χ1v) is 8.16. The van der Waals surface area contributed by atoms with Crippen molar-refractivity contribution in [1.82, 2.24) is 0 Å². The molecule has 0 aliphatic rings. The molecule has 0 radical (unpaired) electrons. The third-order valence-corrected chi connectivity index (χ3v) is 3.84. The first kappa shape index (κ1) is 17.1. The molecule has 3 heteroatoms. The van der Waals surface area contributed by atoms with Crippen LogP contribution in [0.5, 0.6) is 5.75 Å². The summed E-state index contributed by atoms with van der Waals surface area (Å²) in [5.74, 6) is 0.974. The highest BCUT2D eigenvalue weighted by atomic mass is 16.5. The van der Waals surface area contributed by atoms with Crippen LogP contribution in [0.25, 0.3) is 0 Å². The van der Waals surface area contributed by atoms with Gasteiger partial charge in [0.2, 0.25) is 0 Å². The Bertz CT molecular complexity index is 647. The Kier molecular flexibility index (Phi) is 5.80. The zero-order valence-corrected chi connectivity index (χ0v) is 14.3. The molecule has 0 aliphatic heterocycles. The van der Waals surface area contributed by atoms with E-state index in [4.69, 9.17) is 4.74 Å². The predicted molar refractivity (Wildman–Crippen MR) is 95.1 cm³/mol. The molecule has 2 aromatic carbocycles. The van der Waals surface area contributed by atoms with Gasteiger partial charge in [0.1, 0.15) is 5.75 Å². The van der Waals surface area contributed by atoms with E-state index in [2.05, 4.69) is 26.1 Å². The van der Waals surface area contributed by atoms with Gasteiger partial charge in [-0.2, -0.15) is 0 Å². The summed E-state index contributed by atoms with van der Waals surface area (Å²) in [6.07, 6.45) is 0.431. The zero-order chi connectivity index (χ0) is 16.8. The number of aryl methyl sites for hydroxylation is 1. The quantitative estimate of drug-likeness (QED) is 0.834. The number of carbonyl (C=O) groups excluding carboxylic acids is 1. The summed E-state index contributed by atoms with van der Waals surface area (Å²) in [4.78, 5) is 12.3. The number of benzene rings is 2. The predicted octanol–water partition coefficient (Wildman–Crippen LogP) is 4.78. The van der Waals surface area contributed by atoms with Crippen molar-refractivity contribution >= 4 is 11.6 Å². The van der Waals surface area contributed by atoms with Crippen LogP contribution in [0.2, 0.25) is 0 Å². The van der Waals surface area contributed by atoms with E-state index in [0.717, 1.165) is 23.4 Å². The Morgan fingerprint density at radius 1 is 1.04 bits per heavy atom. The lowest BCUT2D eigenvalue weighted by Gasteiger charge is -2.18. The molecule has 2 rings (SSSR count). The van der Waals surface area contributed by atoms with Gasteiger partial charge < -0.3 is 10.1 Å². The van der Waals surface area contributed by atoms with Gasteiger partial charge in [-0.3, -0.25) is 4.79 Å². The van der Waals surface area contributed by atoms with Crippen molar-refractivity contribution in [2.45, 2.75) is 46.1 Å². The first-order chi connectivity index (χ1) is 11.0. The average molecular weight is 311 g/mol. The van der Waals surface area contributed by atoms with Crippen molar-refractivity contribution in [3.8, 4) is 5.75 Å². The molecule has 0 saturated carbocycles. The molecule has 0 saturated heterocycles. The van der Waals surface area contributed by atoms with Gasteiger partial charge in [-0.15, -0.1) is 0 Å². The second-order valence-electron chi connectivity index (χ2n) is 5.99. The molecule has 1 unspecified atom stereocenters. The molecule has 0 aliphatic carbocycles. The maximum atomic E-state index is 12.3. The molecule has 0 fully saturated rings. The zero-order valence-electron chi connectivity index (χ0n) is 14.3. The van der Waals surface area contributed by atoms with Crippen molar-refractivity contribution in [3.63, 3.8) is 0 Å². The van der Waals surface area contributed by atoms with Gasteiger partial charge in [-0.1, -0.05) is 51.1 Å². The molecule has 2 aromatic rings. The van der Waals surface area contributed by atoms with Gasteiger partial charge in [0.05, 0.1) is 0 Å². The number of anilines is 1. The van der Waals surface area contributed by atoms with Crippen LogP contribution in [-0.4, -0.2) is 12.0 Å². The Labute approximate surface area is 138 Å². The summed E-state index contributed by atoms with van der Waals surface area (Å²) in [6, 6.07) is 15.8. The molecule has 1 amide bonds. The van der Waals surface area contributed by atoms with Crippen LogP contribution < -0.4 is 10.1 Å². The second-order valence-corrected chi connectivity index (χ2v) is 5.99. The van der Waals surface area contributed by atoms with Crippen LogP contribution in [0, 0.1) is 0 Å². The summed E-state index contributed by atoms with van der Waals surface area (Å²) < 4.78 is 5.87. The summed E-state index contributed by atoms with van der Waals surface area (Å²) in [7, 11) is 0. The van der Waals surface area contributed by atoms with Gasteiger partial charge in [0.15, 0.2) is 6.10 Å². The Hall–Kier alpha value is -2.29. The lowest BCUT2D eigenvalue weighted by molar-refractivity contribution is -0.122. The van der Waals surface area contributed by atoms with Gasteiger partial charge in [-0.25, -0.2) is 0 Å². The minimum absolute atomic E-state index is 0.146. The normalized spacial score (nSPS) is 12.0. The van der Waals surface area contributed by atoms with E-state index in [1.807, 2.05) is 48.5 Å². The standard InChI is InChI=1S/C20H25NO2/c1-5-16-10-12-17(13-11-16)21-20(22)15(4)23-19-9-7-6-8-18(19)14(2)3/h6-15H,5H2,1-4H3,(H,21,22). The van der Waals surface area contributed by atoms with E-state index < -0.39 is 6.10 Å². The lowest BCUT2D eigenvalue weighted by Crippen LogP contribution is -2.30. The maximum absolute atomic E-state index is 12.3.